The van der Waals surface area contributed by atoms with Gasteiger partial charge in [-0.1, -0.05) is 27.3 Å². The van der Waals surface area contributed by atoms with Crippen LogP contribution in [0.15, 0.2) is 28.7 Å². The molecule has 0 saturated heterocycles. The predicted molar refractivity (Wildman–Crippen MR) is 82.7 cm³/mol. The molecule has 3 rings (SSSR count). The second kappa shape index (κ2) is 6.50. The van der Waals surface area contributed by atoms with Crippen molar-refractivity contribution in [1.82, 2.24) is 19.8 Å². The highest BCUT2D eigenvalue weighted by molar-refractivity contribution is 9.10. The van der Waals surface area contributed by atoms with Gasteiger partial charge in [0, 0.05) is 18.0 Å². The smallest absolute Gasteiger partial charge is 0.234 e. The van der Waals surface area contributed by atoms with Gasteiger partial charge >= 0.3 is 0 Å². The van der Waals surface area contributed by atoms with Crippen LogP contribution in [0, 0.1) is 0 Å². The van der Waals surface area contributed by atoms with Crippen LogP contribution in [0.2, 0.25) is 0 Å². The van der Waals surface area contributed by atoms with Gasteiger partial charge in [-0.25, -0.2) is 0 Å². The fourth-order valence-electron chi connectivity index (χ4n) is 1.78. The Morgan fingerprint density at radius 2 is 2.05 bits per heavy atom. The minimum absolute atomic E-state index is 0.416. The van der Waals surface area contributed by atoms with Gasteiger partial charge in [0.25, 0.3) is 0 Å². The van der Waals surface area contributed by atoms with Gasteiger partial charge in [-0.15, -0.1) is 10.2 Å². The maximum atomic E-state index is 5.71. The van der Waals surface area contributed by atoms with Gasteiger partial charge in [-0.3, -0.25) is 0 Å². The fourth-order valence-corrected chi connectivity index (χ4v) is 2.81. The first-order valence-corrected chi connectivity index (χ1v) is 7.94. The molecule has 0 atom stereocenters. The average Bonchev–Trinajstić information content (AvgIpc) is 3.05. The Labute approximate surface area is 133 Å². The standard InChI is InChI=1S/C13H13BrN4O2S/c1-19-7-6-11-15-16-13-18(11)17-12(21-13)8-20-10-4-2-9(14)3-5-10/h2-5H,6-8H2,1H3. The first kappa shape index (κ1) is 14.4. The normalized spacial score (nSPS) is 11.1. The van der Waals surface area contributed by atoms with Crippen molar-refractivity contribution >= 4 is 32.2 Å². The second-order valence-corrected chi connectivity index (χ2v) is 6.25. The third kappa shape index (κ3) is 3.39. The molecule has 8 heteroatoms. The number of ether oxygens (including phenoxy) is 2. The molecule has 2 aromatic heterocycles. The van der Waals surface area contributed by atoms with E-state index in [0.29, 0.717) is 19.6 Å². The molecule has 3 aromatic rings. The molecule has 2 heterocycles. The Kier molecular flexibility index (Phi) is 4.47. The largest absolute Gasteiger partial charge is 0.486 e. The van der Waals surface area contributed by atoms with Crippen LogP contribution in [0.3, 0.4) is 0 Å². The number of aromatic nitrogens is 4. The molecular formula is C13H13BrN4O2S. The van der Waals surface area contributed by atoms with Crippen molar-refractivity contribution in [2.24, 2.45) is 0 Å². The van der Waals surface area contributed by atoms with Gasteiger partial charge < -0.3 is 9.47 Å². The Morgan fingerprint density at radius 1 is 1.24 bits per heavy atom. The van der Waals surface area contributed by atoms with E-state index in [-0.39, 0.29) is 0 Å². The van der Waals surface area contributed by atoms with Crippen molar-refractivity contribution in [2.75, 3.05) is 13.7 Å². The summed E-state index contributed by atoms with van der Waals surface area (Å²) < 4.78 is 13.5. The number of hydrogen-bond acceptors (Lipinski definition) is 6. The van der Waals surface area contributed by atoms with Crippen LogP contribution in [0.5, 0.6) is 5.75 Å². The molecule has 0 radical (unpaired) electrons. The monoisotopic (exact) mass is 368 g/mol. The summed E-state index contributed by atoms with van der Waals surface area (Å²) in [4.78, 5) is 0.774. The highest BCUT2D eigenvalue weighted by Crippen LogP contribution is 2.19. The van der Waals surface area contributed by atoms with Crippen molar-refractivity contribution in [3.8, 4) is 5.75 Å². The third-order valence-electron chi connectivity index (χ3n) is 2.80. The second-order valence-electron chi connectivity index (χ2n) is 4.29. The maximum Gasteiger partial charge on any atom is 0.234 e. The van der Waals surface area contributed by atoms with E-state index in [1.807, 2.05) is 24.3 Å². The van der Waals surface area contributed by atoms with Crippen LogP contribution in [0.25, 0.3) is 4.96 Å². The SMILES string of the molecule is COCCc1nnc2sc(COc3ccc(Br)cc3)nn12. The molecule has 0 unspecified atom stereocenters. The summed E-state index contributed by atoms with van der Waals surface area (Å²) in [7, 11) is 1.66. The molecule has 0 bridgehead atoms. The fraction of sp³-hybridized carbons (Fsp3) is 0.308. The van der Waals surface area contributed by atoms with Crippen LogP contribution < -0.4 is 4.74 Å². The summed E-state index contributed by atoms with van der Waals surface area (Å²) in [5, 5.41) is 13.5. The first-order chi connectivity index (χ1) is 10.3. The number of rotatable bonds is 6. The molecule has 0 aliphatic heterocycles. The first-order valence-electron chi connectivity index (χ1n) is 6.33. The van der Waals surface area contributed by atoms with Crippen molar-refractivity contribution in [3.63, 3.8) is 0 Å². The third-order valence-corrected chi connectivity index (χ3v) is 4.20. The lowest BCUT2D eigenvalue weighted by molar-refractivity contribution is 0.200. The van der Waals surface area contributed by atoms with Crippen LogP contribution in [-0.2, 0) is 17.8 Å². The van der Waals surface area contributed by atoms with Crippen molar-refractivity contribution in [1.29, 1.82) is 0 Å². The molecule has 0 saturated carbocycles. The number of nitrogens with zero attached hydrogens (tertiary/aromatic N) is 4. The molecule has 6 nitrogen and oxygen atoms in total. The summed E-state index contributed by atoms with van der Waals surface area (Å²) in [6.45, 7) is 1.02. The lowest BCUT2D eigenvalue weighted by Crippen LogP contribution is -2.02. The van der Waals surface area contributed by atoms with Gasteiger partial charge in [0.2, 0.25) is 4.96 Å². The van der Waals surface area contributed by atoms with E-state index in [1.54, 1.807) is 11.6 Å². The minimum Gasteiger partial charge on any atom is -0.486 e. The Bertz CT molecular complexity index is 725. The Balaban J connectivity index is 1.69. The molecular weight excluding hydrogens is 356 g/mol. The molecule has 0 spiro atoms. The molecule has 0 aliphatic carbocycles. The van der Waals surface area contributed by atoms with Crippen molar-refractivity contribution < 1.29 is 9.47 Å². The van der Waals surface area contributed by atoms with E-state index in [9.17, 15) is 0 Å². The maximum absolute atomic E-state index is 5.71. The zero-order valence-electron chi connectivity index (χ0n) is 11.3. The molecule has 0 fully saturated rings. The zero-order valence-corrected chi connectivity index (χ0v) is 13.7. The molecule has 0 amide bonds. The Hall–Kier alpha value is -1.51. The zero-order chi connectivity index (χ0) is 14.7. The van der Waals surface area contributed by atoms with E-state index < -0.39 is 0 Å². The highest BCUT2D eigenvalue weighted by atomic mass is 79.9. The van der Waals surface area contributed by atoms with Gasteiger partial charge in [-0.2, -0.15) is 9.61 Å². The molecule has 1 aromatic carbocycles. The average molecular weight is 369 g/mol. The summed E-state index contributed by atoms with van der Waals surface area (Å²) in [5.41, 5.74) is 0. The number of benzene rings is 1. The van der Waals surface area contributed by atoms with E-state index in [1.165, 1.54) is 11.3 Å². The summed E-state index contributed by atoms with van der Waals surface area (Å²) >= 11 is 4.87. The van der Waals surface area contributed by atoms with Crippen LogP contribution in [-0.4, -0.2) is 33.5 Å². The van der Waals surface area contributed by atoms with Crippen LogP contribution in [0.4, 0.5) is 0 Å². The minimum atomic E-state index is 0.416. The van der Waals surface area contributed by atoms with Crippen LogP contribution in [0.1, 0.15) is 10.8 Å². The highest BCUT2D eigenvalue weighted by Gasteiger charge is 2.11. The van der Waals surface area contributed by atoms with Gasteiger partial charge in [-0.05, 0) is 24.3 Å². The quantitative estimate of drug-likeness (QED) is 0.669. The molecule has 0 aliphatic rings. The number of hydrogen-bond donors (Lipinski definition) is 0. The Morgan fingerprint density at radius 3 is 2.81 bits per heavy atom. The van der Waals surface area contributed by atoms with Gasteiger partial charge in [0.15, 0.2) is 10.8 Å². The summed E-state index contributed by atoms with van der Waals surface area (Å²) in [6, 6.07) is 7.70. The van der Waals surface area contributed by atoms with Gasteiger partial charge in [0.1, 0.15) is 12.4 Å². The predicted octanol–water partition coefficient (Wildman–Crippen LogP) is 2.72. The van der Waals surface area contributed by atoms with E-state index in [2.05, 4.69) is 31.2 Å². The van der Waals surface area contributed by atoms with Crippen molar-refractivity contribution in [3.05, 3.63) is 39.6 Å². The summed E-state index contributed by atoms with van der Waals surface area (Å²) in [6.07, 6.45) is 0.689. The molecule has 110 valence electrons. The van der Waals surface area contributed by atoms with E-state index in [0.717, 1.165) is 26.0 Å². The van der Waals surface area contributed by atoms with Crippen LogP contribution >= 0.6 is 27.3 Å². The number of halogens is 1. The van der Waals surface area contributed by atoms with E-state index >= 15 is 0 Å². The number of fused-ring (bicyclic) bond motifs is 1. The molecule has 21 heavy (non-hydrogen) atoms. The van der Waals surface area contributed by atoms with Gasteiger partial charge in [0.05, 0.1) is 6.61 Å². The topological polar surface area (TPSA) is 61.5 Å². The molecule has 0 N–H and O–H groups in total. The number of methoxy groups -OCH3 is 1. The summed E-state index contributed by atoms with van der Waals surface area (Å²) in [5.74, 6) is 1.61. The lowest BCUT2D eigenvalue weighted by Gasteiger charge is -2.03. The lowest BCUT2D eigenvalue weighted by atomic mass is 10.3. The van der Waals surface area contributed by atoms with E-state index in [4.69, 9.17) is 9.47 Å². The van der Waals surface area contributed by atoms with Crippen molar-refractivity contribution in [2.45, 2.75) is 13.0 Å².